The number of piperidine rings is 1. The summed E-state index contributed by atoms with van der Waals surface area (Å²) in [5, 5.41) is 4.15. The van der Waals surface area contributed by atoms with Crippen LogP contribution in [0, 0.1) is 0 Å². The lowest BCUT2D eigenvalue weighted by molar-refractivity contribution is 0.186. The number of imidazole rings is 1. The van der Waals surface area contributed by atoms with E-state index < -0.39 is 0 Å². The van der Waals surface area contributed by atoms with E-state index in [4.69, 9.17) is 9.51 Å². The molecule has 0 unspecified atom stereocenters. The first-order valence-corrected chi connectivity index (χ1v) is 11.3. The van der Waals surface area contributed by atoms with Gasteiger partial charge in [0.15, 0.2) is 0 Å². The quantitative estimate of drug-likeness (QED) is 0.393. The lowest BCUT2D eigenvalue weighted by atomic mass is 9.96. The van der Waals surface area contributed by atoms with Crippen LogP contribution in [0.15, 0.2) is 83.6 Å². The minimum Gasteiger partial charge on any atom is -0.339 e. The number of fused-ring (bicyclic) bond motifs is 1. The zero-order valence-corrected chi connectivity index (χ0v) is 18.2. The molecule has 0 N–H and O–H groups in total. The van der Waals surface area contributed by atoms with Gasteiger partial charge in [0.2, 0.25) is 11.7 Å². The van der Waals surface area contributed by atoms with Crippen molar-refractivity contribution < 1.29 is 4.52 Å². The average Bonchev–Trinajstić information content (AvgIpc) is 3.52. The summed E-state index contributed by atoms with van der Waals surface area (Å²) in [5.74, 6) is 1.56. The van der Waals surface area contributed by atoms with Gasteiger partial charge in [-0.15, -0.1) is 0 Å². The summed E-state index contributed by atoms with van der Waals surface area (Å²) >= 11 is 0. The van der Waals surface area contributed by atoms with Crippen LogP contribution in [0.25, 0.3) is 28.4 Å². The van der Waals surface area contributed by atoms with Gasteiger partial charge in [0.25, 0.3) is 0 Å². The van der Waals surface area contributed by atoms with Crippen LogP contribution in [-0.4, -0.2) is 42.5 Å². The first-order chi connectivity index (χ1) is 16.3. The third kappa shape index (κ3) is 3.91. The molecule has 0 amide bonds. The predicted molar refractivity (Wildman–Crippen MR) is 125 cm³/mol. The fraction of sp³-hybridized carbons (Fsp3) is 0.231. The molecule has 0 radical (unpaired) electrons. The third-order valence-corrected chi connectivity index (χ3v) is 6.32. The Kier molecular flexibility index (Phi) is 5.16. The van der Waals surface area contributed by atoms with Crippen LogP contribution in [-0.2, 0) is 6.54 Å². The van der Waals surface area contributed by atoms with Crippen LogP contribution in [0.3, 0.4) is 0 Å². The summed E-state index contributed by atoms with van der Waals surface area (Å²) in [5.41, 5.74) is 5.16. The van der Waals surface area contributed by atoms with Crippen LogP contribution < -0.4 is 0 Å². The van der Waals surface area contributed by atoms with Crippen molar-refractivity contribution in [3.8, 4) is 22.8 Å². The van der Waals surface area contributed by atoms with Gasteiger partial charge in [-0.3, -0.25) is 9.88 Å². The van der Waals surface area contributed by atoms with Crippen molar-refractivity contribution in [1.82, 2.24) is 29.4 Å². The van der Waals surface area contributed by atoms with Gasteiger partial charge in [-0.05, 0) is 50.2 Å². The van der Waals surface area contributed by atoms with Crippen LogP contribution in [0.2, 0.25) is 0 Å². The predicted octanol–water partition coefficient (Wildman–Crippen LogP) is 4.83. The lowest BCUT2D eigenvalue weighted by Gasteiger charge is -2.30. The molecule has 1 aliphatic rings. The van der Waals surface area contributed by atoms with Gasteiger partial charge < -0.3 is 8.92 Å². The van der Waals surface area contributed by atoms with Gasteiger partial charge in [0.1, 0.15) is 11.3 Å². The molecule has 0 saturated carbocycles. The number of nitrogens with zero attached hydrogens (tertiary/aromatic N) is 6. The summed E-state index contributed by atoms with van der Waals surface area (Å²) in [6, 6.07) is 22.3. The lowest BCUT2D eigenvalue weighted by Crippen LogP contribution is -2.33. The van der Waals surface area contributed by atoms with Crippen LogP contribution in [0.5, 0.6) is 0 Å². The first kappa shape index (κ1) is 19.8. The average molecular weight is 437 g/mol. The number of benzene rings is 1. The monoisotopic (exact) mass is 436 g/mol. The summed E-state index contributed by atoms with van der Waals surface area (Å²) in [7, 11) is 0. The number of rotatable bonds is 5. The Morgan fingerprint density at radius 1 is 0.879 bits per heavy atom. The highest BCUT2D eigenvalue weighted by Gasteiger charge is 2.27. The van der Waals surface area contributed by atoms with Crippen LogP contribution in [0.4, 0.5) is 0 Å². The Labute approximate surface area is 191 Å². The maximum absolute atomic E-state index is 5.60. The molecule has 0 spiro atoms. The number of likely N-dealkylation sites (tertiary alicyclic amines) is 1. The second kappa shape index (κ2) is 8.60. The highest BCUT2D eigenvalue weighted by Crippen LogP contribution is 2.31. The van der Waals surface area contributed by atoms with E-state index in [-0.39, 0.29) is 5.92 Å². The Bertz CT molecular complexity index is 1350. The fourth-order valence-electron chi connectivity index (χ4n) is 4.57. The SMILES string of the molecule is c1ccc(-c2nc3ccccn3c2CN2CCC(c3nc(-c4ccccn4)no3)CC2)cc1. The molecule has 164 valence electrons. The van der Waals surface area contributed by atoms with Gasteiger partial charge in [-0.25, -0.2) is 4.98 Å². The Balaban J connectivity index is 1.19. The van der Waals surface area contributed by atoms with Gasteiger partial charge in [0.05, 0.1) is 11.4 Å². The molecule has 5 aromatic rings. The topological polar surface area (TPSA) is 72.3 Å². The highest BCUT2D eigenvalue weighted by molar-refractivity contribution is 5.66. The molecule has 1 aliphatic heterocycles. The van der Waals surface area contributed by atoms with Crippen molar-refractivity contribution in [3.05, 3.63) is 90.7 Å². The zero-order chi connectivity index (χ0) is 22.0. The first-order valence-electron chi connectivity index (χ1n) is 11.3. The van der Waals surface area contributed by atoms with E-state index in [0.29, 0.717) is 5.82 Å². The Morgan fingerprint density at radius 3 is 2.52 bits per heavy atom. The summed E-state index contributed by atoms with van der Waals surface area (Å²) in [6.07, 6.45) is 5.82. The molecule has 1 fully saturated rings. The summed E-state index contributed by atoms with van der Waals surface area (Å²) in [6.45, 7) is 2.80. The Morgan fingerprint density at radius 2 is 1.70 bits per heavy atom. The maximum atomic E-state index is 5.60. The molecule has 1 saturated heterocycles. The zero-order valence-electron chi connectivity index (χ0n) is 18.2. The van der Waals surface area contributed by atoms with E-state index in [0.717, 1.165) is 61.0 Å². The molecular formula is C26H24N6O. The van der Waals surface area contributed by atoms with E-state index in [9.17, 15) is 0 Å². The van der Waals surface area contributed by atoms with E-state index in [1.165, 1.54) is 5.69 Å². The molecule has 7 heteroatoms. The van der Waals surface area contributed by atoms with Crippen molar-refractivity contribution in [3.63, 3.8) is 0 Å². The maximum Gasteiger partial charge on any atom is 0.230 e. The molecule has 5 heterocycles. The normalized spacial score (nSPS) is 15.3. The van der Waals surface area contributed by atoms with Crippen molar-refractivity contribution >= 4 is 5.65 Å². The van der Waals surface area contributed by atoms with E-state index in [1.54, 1.807) is 6.20 Å². The van der Waals surface area contributed by atoms with Crippen LogP contribution in [0.1, 0.15) is 30.3 Å². The Hall–Kier alpha value is -3.84. The van der Waals surface area contributed by atoms with Crippen molar-refractivity contribution in [2.45, 2.75) is 25.3 Å². The van der Waals surface area contributed by atoms with E-state index in [1.807, 2.05) is 30.3 Å². The smallest absolute Gasteiger partial charge is 0.230 e. The molecule has 0 bridgehead atoms. The second-order valence-corrected chi connectivity index (χ2v) is 8.42. The molecule has 4 aromatic heterocycles. The van der Waals surface area contributed by atoms with Gasteiger partial charge in [0, 0.05) is 30.4 Å². The van der Waals surface area contributed by atoms with Gasteiger partial charge in [-0.1, -0.05) is 47.6 Å². The standard InChI is InChI=1S/C26H24N6O/c1-2-8-19(9-3-1)24-22(32-15-7-5-11-23(32)28-24)18-31-16-12-20(13-17-31)26-29-25(30-33-26)21-10-4-6-14-27-21/h1-11,14-15,20H,12-13,16-18H2. The molecule has 0 atom stereocenters. The summed E-state index contributed by atoms with van der Waals surface area (Å²) < 4.78 is 7.81. The minimum atomic E-state index is 0.280. The minimum absolute atomic E-state index is 0.280. The number of hydrogen-bond donors (Lipinski definition) is 0. The largest absolute Gasteiger partial charge is 0.339 e. The molecule has 7 nitrogen and oxygen atoms in total. The second-order valence-electron chi connectivity index (χ2n) is 8.42. The molecule has 33 heavy (non-hydrogen) atoms. The third-order valence-electron chi connectivity index (χ3n) is 6.32. The number of pyridine rings is 2. The highest BCUT2D eigenvalue weighted by atomic mass is 16.5. The molecule has 6 rings (SSSR count). The number of aromatic nitrogens is 5. The van der Waals surface area contributed by atoms with Crippen molar-refractivity contribution in [2.75, 3.05) is 13.1 Å². The van der Waals surface area contributed by atoms with Crippen molar-refractivity contribution in [2.24, 2.45) is 0 Å². The molecular weight excluding hydrogens is 412 g/mol. The fourth-order valence-corrected chi connectivity index (χ4v) is 4.57. The van der Waals surface area contributed by atoms with E-state index in [2.05, 4.69) is 67.0 Å². The van der Waals surface area contributed by atoms with Crippen molar-refractivity contribution in [1.29, 1.82) is 0 Å². The number of hydrogen-bond acceptors (Lipinski definition) is 6. The van der Waals surface area contributed by atoms with Gasteiger partial charge >= 0.3 is 0 Å². The molecule has 0 aliphatic carbocycles. The van der Waals surface area contributed by atoms with Crippen LogP contribution >= 0.6 is 0 Å². The summed E-state index contributed by atoms with van der Waals surface area (Å²) in [4.78, 5) is 16.4. The van der Waals surface area contributed by atoms with Gasteiger partial charge in [-0.2, -0.15) is 4.98 Å². The molecule has 1 aromatic carbocycles. The van der Waals surface area contributed by atoms with E-state index >= 15 is 0 Å².